The molecule has 4 heteroatoms. The summed E-state index contributed by atoms with van der Waals surface area (Å²) in [7, 11) is 3.44. The van der Waals surface area contributed by atoms with E-state index >= 15 is 0 Å². The predicted octanol–water partition coefficient (Wildman–Crippen LogP) is 2.21. The van der Waals surface area contributed by atoms with E-state index in [4.69, 9.17) is 9.84 Å². The van der Waals surface area contributed by atoms with Crippen LogP contribution in [0.1, 0.15) is 22.7 Å². The molecule has 1 unspecified atom stereocenters. The molecule has 0 fully saturated rings. The lowest BCUT2D eigenvalue weighted by atomic mass is 9.98. The van der Waals surface area contributed by atoms with Crippen LogP contribution in [-0.2, 0) is 4.79 Å². The van der Waals surface area contributed by atoms with Gasteiger partial charge >= 0.3 is 5.97 Å². The van der Waals surface area contributed by atoms with Gasteiger partial charge in [-0.3, -0.25) is 0 Å². The summed E-state index contributed by atoms with van der Waals surface area (Å²) in [6.45, 7) is 3.95. The minimum atomic E-state index is -0.946. The summed E-state index contributed by atoms with van der Waals surface area (Å²) >= 11 is 0. The maximum atomic E-state index is 10.6. The van der Waals surface area contributed by atoms with Crippen LogP contribution in [0.2, 0.25) is 0 Å². The average Bonchev–Trinajstić information content (AvgIpc) is 2.33. The van der Waals surface area contributed by atoms with Crippen molar-refractivity contribution in [2.45, 2.75) is 19.9 Å². The summed E-state index contributed by atoms with van der Waals surface area (Å²) in [5, 5.41) is 11.8. The molecule has 0 saturated heterocycles. The number of carboxylic acid groups (broad SMARTS) is 1. The van der Waals surface area contributed by atoms with Crippen molar-refractivity contribution in [3.63, 3.8) is 0 Å². The van der Waals surface area contributed by atoms with Crippen LogP contribution in [0.15, 0.2) is 24.3 Å². The number of likely N-dealkylation sites (N-methyl/N-ethyl adjacent to an activating group) is 1. The molecular weight excluding hydrogens is 230 g/mol. The monoisotopic (exact) mass is 249 g/mol. The third-order valence-corrected chi connectivity index (χ3v) is 2.86. The maximum Gasteiger partial charge on any atom is 0.328 e. The summed E-state index contributed by atoms with van der Waals surface area (Å²) < 4.78 is 5.26. The lowest BCUT2D eigenvalue weighted by Crippen LogP contribution is -2.16. The molecule has 0 amide bonds. The van der Waals surface area contributed by atoms with Crippen molar-refractivity contribution in [1.82, 2.24) is 5.32 Å². The van der Waals surface area contributed by atoms with Gasteiger partial charge in [-0.2, -0.15) is 0 Å². The van der Waals surface area contributed by atoms with Crippen LogP contribution in [0.5, 0.6) is 5.75 Å². The number of hydrogen-bond acceptors (Lipinski definition) is 3. The molecule has 18 heavy (non-hydrogen) atoms. The smallest absolute Gasteiger partial charge is 0.328 e. The minimum Gasteiger partial charge on any atom is -0.496 e. The summed E-state index contributed by atoms with van der Waals surface area (Å²) in [4.78, 5) is 10.6. The molecule has 0 bridgehead atoms. The number of rotatable bonds is 5. The van der Waals surface area contributed by atoms with E-state index in [1.54, 1.807) is 20.2 Å². The SMILES string of the molecule is CNC(/C=C/C(=O)O)c1cc(C)c(OC)cc1C. The van der Waals surface area contributed by atoms with E-state index < -0.39 is 5.97 Å². The second-order valence-corrected chi connectivity index (χ2v) is 4.14. The van der Waals surface area contributed by atoms with Crippen LogP contribution in [-0.4, -0.2) is 25.2 Å². The molecule has 1 atom stereocenters. The van der Waals surface area contributed by atoms with Crippen LogP contribution >= 0.6 is 0 Å². The van der Waals surface area contributed by atoms with Gasteiger partial charge in [0.1, 0.15) is 5.75 Å². The Morgan fingerprint density at radius 2 is 2.06 bits per heavy atom. The van der Waals surface area contributed by atoms with Crippen LogP contribution in [0.3, 0.4) is 0 Å². The van der Waals surface area contributed by atoms with Gasteiger partial charge in [0.2, 0.25) is 0 Å². The molecule has 4 nitrogen and oxygen atoms in total. The summed E-state index contributed by atoms with van der Waals surface area (Å²) in [5.41, 5.74) is 3.14. The number of nitrogens with one attached hydrogen (secondary N) is 1. The van der Waals surface area contributed by atoms with Crippen molar-refractivity contribution in [3.05, 3.63) is 41.0 Å². The normalized spacial score (nSPS) is 12.7. The van der Waals surface area contributed by atoms with E-state index in [-0.39, 0.29) is 6.04 Å². The van der Waals surface area contributed by atoms with Gasteiger partial charge in [0.05, 0.1) is 13.2 Å². The minimum absolute atomic E-state index is 0.120. The number of carboxylic acids is 1. The van der Waals surface area contributed by atoms with Gasteiger partial charge in [0, 0.05) is 6.08 Å². The summed E-state index contributed by atoms with van der Waals surface area (Å²) in [6, 6.07) is 3.86. The molecule has 0 spiro atoms. The topological polar surface area (TPSA) is 58.6 Å². The lowest BCUT2D eigenvalue weighted by molar-refractivity contribution is -0.131. The molecule has 0 radical (unpaired) electrons. The first kappa shape index (κ1) is 14.3. The molecule has 0 aliphatic carbocycles. The first-order valence-corrected chi connectivity index (χ1v) is 5.73. The zero-order valence-corrected chi connectivity index (χ0v) is 11.2. The van der Waals surface area contributed by atoms with Gasteiger partial charge in [-0.15, -0.1) is 0 Å². The Morgan fingerprint density at radius 3 is 2.56 bits per heavy atom. The van der Waals surface area contributed by atoms with Gasteiger partial charge < -0.3 is 15.2 Å². The van der Waals surface area contributed by atoms with Gasteiger partial charge in [0.25, 0.3) is 0 Å². The Hall–Kier alpha value is -1.81. The molecule has 0 aromatic heterocycles. The highest BCUT2D eigenvalue weighted by molar-refractivity contribution is 5.79. The molecule has 0 heterocycles. The first-order valence-electron chi connectivity index (χ1n) is 5.73. The van der Waals surface area contributed by atoms with Gasteiger partial charge in [-0.25, -0.2) is 4.79 Å². The van der Waals surface area contributed by atoms with Gasteiger partial charge in [-0.05, 0) is 43.7 Å². The van der Waals surface area contributed by atoms with E-state index in [0.717, 1.165) is 28.5 Å². The molecule has 1 rings (SSSR count). The fourth-order valence-corrected chi connectivity index (χ4v) is 1.90. The summed E-state index contributed by atoms with van der Waals surface area (Å²) in [5.74, 6) is -0.105. The fraction of sp³-hybridized carbons (Fsp3) is 0.357. The third kappa shape index (κ3) is 3.34. The maximum absolute atomic E-state index is 10.6. The summed E-state index contributed by atoms with van der Waals surface area (Å²) in [6.07, 6.45) is 2.79. The number of carbonyl (C=O) groups is 1. The zero-order valence-electron chi connectivity index (χ0n) is 11.2. The molecule has 1 aromatic rings. The van der Waals surface area contributed by atoms with Crippen molar-refractivity contribution < 1.29 is 14.6 Å². The molecule has 0 saturated carbocycles. The van der Waals surface area contributed by atoms with Gasteiger partial charge in [-0.1, -0.05) is 12.1 Å². The number of methoxy groups -OCH3 is 1. The van der Waals surface area contributed by atoms with E-state index in [1.165, 1.54) is 0 Å². The molecular formula is C14H19NO3. The van der Waals surface area contributed by atoms with E-state index in [9.17, 15) is 4.79 Å². The molecule has 98 valence electrons. The number of benzene rings is 1. The standard InChI is InChI=1S/C14H19NO3/c1-9-8-13(18-4)10(2)7-11(9)12(15-3)5-6-14(16)17/h5-8,12,15H,1-4H3,(H,16,17)/b6-5+. The quantitative estimate of drug-likeness (QED) is 0.785. The number of hydrogen-bond donors (Lipinski definition) is 2. The van der Waals surface area contributed by atoms with Crippen molar-refractivity contribution in [3.8, 4) is 5.75 Å². The van der Waals surface area contributed by atoms with Gasteiger partial charge in [0.15, 0.2) is 0 Å². The van der Waals surface area contributed by atoms with Crippen LogP contribution in [0, 0.1) is 13.8 Å². The fourth-order valence-electron chi connectivity index (χ4n) is 1.90. The Labute approximate surface area is 107 Å². The van der Waals surface area contributed by atoms with E-state index in [2.05, 4.69) is 5.32 Å². The van der Waals surface area contributed by atoms with Crippen LogP contribution in [0.4, 0.5) is 0 Å². The highest BCUT2D eigenvalue weighted by Gasteiger charge is 2.11. The van der Waals surface area contributed by atoms with E-state index in [0.29, 0.717) is 0 Å². The number of aryl methyl sites for hydroxylation is 2. The Bertz CT molecular complexity index is 466. The van der Waals surface area contributed by atoms with Crippen molar-refractivity contribution in [1.29, 1.82) is 0 Å². The van der Waals surface area contributed by atoms with Crippen molar-refractivity contribution >= 4 is 5.97 Å². The van der Waals surface area contributed by atoms with Crippen molar-refractivity contribution in [2.24, 2.45) is 0 Å². The molecule has 1 aromatic carbocycles. The number of ether oxygens (including phenoxy) is 1. The zero-order chi connectivity index (χ0) is 13.7. The van der Waals surface area contributed by atoms with Crippen molar-refractivity contribution in [2.75, 3.05) is 14.2 Å². The molecule has 0 aliphatic rings. The highest BCUT2D eigenvalue weighted by atomic mass is 16.5. The van der Waals surface area contributed by atoms with Crippen LogP contribution in [0.25, 0.3) is 0 Å². The second kappa shape index (κ2) is 6.21. The highest BCUT2D eigenvalue weighted by Crippen LogP contribution is 2.27. The predicted molar refractivity (Wildman–Crippen MR) is 71.0 cm³/mol. The second-order valence-electron chi connectivity index (χ2n) is 4.14. The van der Waals surface area contributed by atoms with E-state index in [1.807, 2.05) is 26.0 Å². The first-order chi connectivity index (χ1) is 8.49. The Balaban J connectivity index is 3.14. The average molecular weight is 249 g/mol. The Kier molecular flexibility index (Phi) is 4.92. The number of aliphatic carboxylic acids is 1. The molecule has 0 aliphatic heterocycles. The Morgan fingerprint density at radius 1 is 1.39 bits per heavy atom. The largest absolute Gasteiger partial charge is 0.496 e. The third-order valence-electron chi connectivity index (χ3n) is 2.86. The van der Waals surface area contributed by atoms with Crippen LogP contribution < -0.4 is 10.1 Å². The molecule has 2 N–H and O–H groups in total. The lowest BCUT2D eigenvalue weighted by Gasteiger charge is -2.17.